The van der Waals surface area contributed by atoms with Crippen molar-refractivity contribution in [3.8, 4) is 0 Å². The van der Waals surface area contributed by atoms with Crippen molar-refractivity contribution in [2.24, 2.45) is 5.73 Å². The van der Waals surface area contributed by atoms with Crippen LogP contribution in [0, 0.1) is 11.6 Å². The SMILES string of the molecule is CC(C)(C)OCC(N)Cc1ccc(F)c(F)c1. The Morgan fingerprint density at radius 1 is 1.24 bits per heavy atom. The molecule has 2 nitrogen and oxygen atoms in total. The zero-order valence-electron chi connectivity index (χ0n) is 10.5. The van der Waals surface area contributed by atoms with Gasteiger partial charge in [0.05, 0.1) is 12.2 Å². The first-order chi connectivity index (χ1) is 7.78. The van der Waals surface area contributed by atoms with Gasteiger partial charge in [-0.2, -0.15) is 0 Å². The van der Waals surface area contributed by atoms with Crippen LogP contribution in [0.25, 0.3) is 0 Å². The van der Waals surface area contributed by atoms with Crippen LogP contribution in [0.3, 0.4) is 0 Å². The average molecular weight is 243 g/mol. The van der Waals surface area contributed by atoms with E-state index >= 15 is 0 Å². The first kappa shape index (κ1) is 14.1. The van der Waals surface area contributed by atoms with Gasteiger partial charge in [-0.25, -0.2) is 8.78 Å². The van der Waals surface area contributed by atoms with Crippen molar-refractivity contribution >= 4 is 0 Å². The Labute approximate surface area is 101 Å². The van der Waals surface area contributed by atoms with E-state index in [1.807, 2.05) is 20.8 Å². The molecule has 2 N–H and O–H groups in total. The third kappa shape index (κ3) is 5.24. The molecule has 0 bridgehead atoms. The Hall–Kier alpha value is -1.00. The molecule has 0 aliphatic rings. The number of hydrogen-bond donors (Lipinski definition) is 1. The lowest BCUT2D eigenvalue weighted by atomic mass is 10.1. The maximum absolute atomic E-state index is 13.0. The zero-order valence-corrected chi connectivity index (χ0v) is 10.5. The Morgan fingerprint density at radius 3 is 2.41 bits per heavy atom. The van der Waals surface area contributed by atoms with Gasteiger partial charge < -0.3 is 10.5 Å². The van der Waals surface area contributed by atoms with Crippen LogP contribution in [-0.2, 0) is 11.2 Å². The van der Waals surface area contributed by atoms with E-state index in [1.54, 1.807) is 0 Å². The van der Waals surface area contributed by atoms with E-state index in [1.165, 1.54) is 12.1 Å². The summed E-state index contributed by atoms with van der Waals surface area (Å²) in [6.07, 6.45) is 0.466. The average Bonchev–Trinajstić information content (AvgIpc) is 2.20. The van der Waals surface area contributed by atoms with Crippen LogP contribution in [0.15, 0.2) is 18.2 Å². The normalized spacial score (nSPS) is 13.8. The van der Waals surface area contributed by atoms with Crippen molar-refractivity contribution in [3.63, 3.8) is 0 Å². The lowest BCUT2D eigenvalue weighted by molar-refractivity contribution is -0.00984. The van der Waals surface area contributed by atoms with Crippen LogP contribution >= 0.6 is 0 Å². The van der Waals surface area contributed by atoms with Gasteiger partial charge in [-0.1, -0.05) is 6.07 Å². The molecule has 17 heavy (non-hydrogen) atoms. The predicted octanol–water partition coefficient (Wildman–Crippen LogP) is 2.65. The minimum absolute atomic E-state index is 0.223. The van der Waals surface area contributed by atoms with Gasteiger partial charge in [0, 0.05) is 6.04 Å². The highest BCUT2D eigenvalue weighted by Gasteiger charge is 2.13. The van der Waals surface area contributed by atoms with Crippen molar-refractivity contribution in [1.82, 2.24) is 0 Å². The molecule has 0 aliphatic heterocycles. The lowest BCUT2D eigenvalue weighted by Crippen LogP contribution is -2.33. The second-order valence-corrected chi connectivity index (χ2v) is 5.14. The van der Waals surface area contributed by atoms with E-state index in [4.69, 9.17) is 10.5 Å². The number of ether oxygens (including phenoxy) is 1. The standard InChI is InChI=1S/C13H19F2NO/c1-13(2,3)17-8-10(16)6-9-4-5-11(14)12(15)7-9/h4-5,7,10H,6,8,16H2,1-3H3. The number of nitrogens with two attached hydrogens (primary N) is 1. The van der Waals surface area contributed by atoms with Gasteiger partial charge in [-0.15, -0.1) is 0 Å². The molecule has 0 radical (unpaired) electrons. The highest BCUT2D eigenvalue weighted by molar-refractivity contribution is 5.18. The maximum Gasteiger partial charge on any atom is 0.159 e. The van der Waals surface area contributed by atoms with E-state index in [0.29, 0.717) is 18.6 Å². The predicted molar refractivity (Wildman–Crippen MR) is 63.7 cm³/mol. The zero-order chi connectivity index (χ0) is 13.1. The molecule has 0 saturated carbocycles. The van der Waals surface area contributed by atoms with Crippen molar-refractivity contribution < 1.29 is 13.5 Å². The maximum atomic E-state index is 13.0. The minimum atomic E-state index is -0.841. The van der Waals surface area contributed by atoms with Crippen LogP contribution < -0.4 is 5.73 Å². The molecule has 96 valence electrons. The fraction of sp³-hybridized carbons (Fsp3) is 0.538. The van der Waals surface area contributed by atoms with Gasteiger partial charge in [0.2, 0.25) is 0 Å². The number of hydrogen-bond acceptors (Lipinski definition) is 2. The summed E-state index contributed by atoms with van der Waals surface area (Å²) in [5.41, 5.74) is 6.29. The van der Waals surface area contributed by atoms with Crippen molar-refractivity contribution in [2.45, 2.75) is 38.8 Å². The molecule has 4 heteroatoms. The molecule has 0 aromatic heterocycles. The number of benzene rings is 1. The van der Waals surface area contributed by atoms with Crippen LogP contribution in [0.2, 0.25) is 0 Å². The van der Waals surface area contributed by atoms with E-state index in [-0.39, 0.29) is 11.6 Å². The van der Waals surface area contributed by atoms with Crippen LogP contribution in [0.5, 0.6) is 0 Å². The van der Waals surface area contributed by atoms with Gasteiger partial charge in [0.1, 0.15) is 0 Å². The van der Waals surface area contributed by atoms with E-state index < -0.39 is 11.6 Å². The number of halogens is 2. The van der Waals surface area contributed by atoms with Gasteiger partial charge in [0.15, 0.2) is 11.6 Å². The molecule has 1 rings (SSSR count). The molecular formula is C13H19F2NO. The molecule has 1 aromatic carbocycles. The summed E-state index contributed by atoms with van der Waals surface area (Å²) in [6, 6.07) is 3.60. The monoisotopic (exact) mass is 243 g/mol. The lowest BCUT2D eigenvalue weighted by Gasteiger charge is -2.22. The fourth-order valence-corrected chi connectivity index (χ4v) is 1.39. The molecule has 1 aromatic rings. The Balaban J connectivity index is 2.50. The van der Waals surface area contributed by atoms with Crippen molar-refractivity contribution in [2.75, 3.05) is 6.61 Å². The summed E-state index contributed by atoms with van der Waals surface area (Å²) in [7, 11) is 0. The summed E-state index contributed by atoms with van der Waals surface area (Å²) < 4.78 is 31.2. The second kappa shape index (κ2) is 5.56. The van der Waals surface area contributed by atoms with Crippen LogP contribution in [-0.4, -0.2) is 18.2 Å². The summed E-state index contributed by atoms with van der Waals surface area (Å²) >= 11 is 0. The van der Waals surface area contributed by atoms with E-state index in [9.17, 15) is 8.78 Å². The molecule has 0 amide bonds. The van der Waals surface area contributed by atoms with Crippen molar-refractivity contribution in [1.29, 1.82) is 0 Å². The van der Waals surface area contributed by atoms with Crippen LogP contribution in [0.4, 0.5) is 8.78 Å². The van der Waals surface area contributed by atoms with Gasteiger partial charge in [-0.05, 0) is 44.9 Å². The van der Waals surface area contributed by atoms with Gasteiger partial charge >= 0.3 is 0 Å². The Morgan fingerprint density at radius 2 is 1.88 bits per heavy atom. The first-order valence-electron chi connectivity index (χ1n) is 5.61. The summed E-state index contributed by atoms with van der Waals surface area (Å²) in [4.78, 5) is 0. The molecule has 1 unspecified atom stereocenters. The minimum Gasteiger partial charge on any atom is -0.374 e. The first-order valence-corrected chi connectivity index (χ1v) is 5.61. The highest BCUT2D eigenvalue weighted by atomic mass is 19.2. The topological polar surface area (TPSA) is 35.2 Å². The van der Waals surface area contributed by atoms with E-state index in [0.717, 1.165) is 6.07 Å². The molecule has 0 fully saturated rings. The van der Waals surface area contributed by atoms with Crippen LogP contribution in [0.1, 0.15) is 26.3 Å². The van der Waals surface area contributed by atoms with Gasteiger partial charge in [0.25, 0.3) is 0 Å². The quantitative estimate of drug-likeness (QED) is 0.882. The number of rotatable bonds is 4. The molecule has 1 atom stereocenters. The third-order valence-corrected chi connectivity index (χ3v) is 2.21. The highest BCUT2D eigenvalue weighted by Crippen LogP contribution is 2.12. The third-order valence-electron chi connectivity index (χ3n) is 2.21. The molecule has 0 heterocycles. The van der Waals surface area contributed by atoms with E-state index in [2.05, 4.69) is 0 Å². The molecule has 0 aliphatic carbocycles. The Kier molecular flexibility index (Phi) is 4.60. The molecular weight excluding hydrogens is 224 g/mol. The van der Waals surface area contributed by atoms with Crippen molar-refractivity contribution in [3.05, 3.63) is 35.4 Å². The fourth-order valence-electron chi connectivity index (χ4n) is 1.39. The Bertz CT molecular complexity index is 374. The summed E-state index contributed by atoms with van der Waals surface area (Å²) in [5.74, 6) is -1.68. The largest absolute Gasteiger partial charge is 0.374 e. The summed E-state index contributed by atoms with van der Waals surface area (Å²) in [6.45, 7) is 6.22. The summed E-state index contributed by atoms with van der Waals surface area (Å²) in [5, 5.41) is 0. The van der Waals surface area contributed by atoms with Gasteiger partial charge in [-0.3, -0.25) is 0 Å². The smallest absolute Gasteiger partial charge is 0.159 e. The molecule has 0 spiro atoms. The molecule has 0 saturated heterocycles. The second-order valence-electron chi connectivity index (χ2n) is 5.14.